The van der Waals surface area contributed by atoms with E-state index >= 15 is 0 Å². The van der Waals surface area contributed by atoms with Gasteiger partial charge in [-0.05, 0) is 31.1 Å². The molecule has 1 spiro atoms. The van der Waals surface area contributed by atoms with E-state index in [9.17, 15) is 9.90 Å². The lowest BCUT2D eigenvalue weighted by Gasteiger charge is -2.04. The molecule has 3 fully saturated rings. The summed E-state index contributed by atoms with van der Waals surface area (Å²) in [6.07, 6.45) is 7.04. The molecule has 78 valence electrons. The molecule has 0 aromatic carbocycles. The summed E-state index contributed by atoms with van der Waals surface area (Å²) in [7, 11) is 0. The Morgan fingerprint density at radius 3 is 2.71 bits per heavy atom. The molecular weight excluding hydrogens is 178 g/mol. The van der Waals surface area contributed by atoms with Gasteiger partial charge in [0, 0.05) is 5.41 Å². The average molecular weight is 195 g/mol. The number of hydrogen-bond donors (Lipinski definition) is 2. The summed E-state index contributed by atoms with van der Waals surface area (Å²) in [5, 5.41) is 9.19. The molecule has 0 heterocycles. The number of carbonyl (C=O) groups is 1. The second-order valence-electron chi connectivity index (χ2n) is 5.31. The van der Waals surface area contributed by atoms with Crippen molar-refractivity contribution in [3.8, 4) is 0 Å². The molecule has 0 aromatic rings. The van der Waals surface area contributed by atoms with E-state index in [0.29, 0.717) is 5.92 Å². The van der Waals surface area contributed by atoms with Gasteiger partial charge >= 0.3 is 5.97 Å². The fraction of sp³-hybridized carbons (Fsp3) is 0.909. The molecule has 0 aliphatic heterocycles. The monoisotopic (exact) mass is 195 g/mol. The fourth-order valence-corrected chi connectivity index (χ4v) is 4.06. The first-order valence-electron chi connectivity index (χ1n) is 5.66. The number of carboxylic acid groups (broad SMARTS) is 1. The lowest BCUT2D eigenvalue weighted by molar-refractivity contribution is -0.140. The Bertz CT molecular complexity index is 304. The van der Waals surface area contributed by atoms with Gasteiger partial charge in [0.2, 0.25) is 0 Å². The number of carboxylic acids is 1. The average Bonchev–Trinajstić information content (AvgIpc) is 2.91. The fourth-order valence-electron chi connectivity index (χ4n) is 4.06. The van der Waals surface area contributed by atoms with E-state index in [-0.39, 0.29) is 11.3 Å². The van der Waals surface area contributed by atoms with Crippen LogP contribution < -0.4 is 5.73 Å². The van der Waals surface area contributed by atoms with Crippen molar-refractivity contribution in [2.75, 3.05) is 0 Å². The summed E-state index contributed by atoms with van der Waals surface area (Å²) < 4.78 is 0. The minimum atomic E-state index is -0.845. The third kappa shape index (κ3) is 0.724. The number of nitrogens with two attached hydrogens (primary N) is 1. The summed E-state index contributed by atoms with van der Waals surface area (Å²) in [6.45, 7) is 0. The molecule has 0 amide bonds. The summed E-state index contributed by atoms with van der Waals surface area (Å²) >= 11 is 0. The topological polar surface area (TPSA) is 63.3 Å². The lowest BCUT2D eigenvalue weighted by Crippen LogP contribution is -2.37. The third-order valence-corrected chi connectivity index (χ3v) is 4.91. The van der Waals surface area contributed by atoms with Gasteiger partial charge in [-0.25, -0.2) is 0 Å². The first-order chi connectivity index (χ1) is 6.64. The van der Waals surface area contributed by atoms with Crippen LogP contribution in [0.3, 0.4) is 0 Å². The van der Waals surface area contributed by atoms with Gasteiger partial charge in [0.05, 0.1) is 0 Å². The van der Waals surface area contributed by atoms with Crippen molar-refractivity contribution < 1.29 is 9.90 Å². The van der Waals surface area contributed by atoms with Crippen molar-refractivity contribution in [1.29, 1.82) is 0 Å². The highest BCUT2D eigenvalue weighted by atomic mass is 16.4. The maximum absolute atomic E-state index is 11.2. The van der Waals surface area contributed by atoms with Crippen LogP contribution in [0.1, 0.15) is 38.5 Å². The third-order valence-electron chi connectivity index (χ3n) is 4.91. The Labute approximate surface area is 83.7 Å². The van der Waals surface area contributed by atoms with Crippen LogP contribution in [0.25, 0.3) is 0 Å². The first kappa shape index (κ1) is 8.72. The first-order valence-corrected chi connectivity index (χ1v) is 5.66. The van der Waals surface area contributed by atoms with E-state index < -0.39 is 11.5 Å². The van der Waals surface area contributed by atoms with Crippen LogP contribution in [0.2, 0.25) is 0 Å². The summed E-state index contributed by atoms with van der Waals surface area (Å²) in [4.78, 5) is 11.2. The van der Waals surface area contributed by atoms with Gasteiger partial charge in [-0.15, -0.1) is 0 Å². The van der Waals surface area contributed by atoms with Crippen molar-refractivity contribution in [3.63, 3.8) is 0 Å². The van der Waals surface area contributed by atoms with Crippen molar-refractivity contribution in [2.24, 2.45) is 23.0 Å². The predicted octanol–water partition coefficient (Wildman–Crippen LogP) is 1.37. The maximum Gasteiger partial charge on any atom is 0.324 e. The van der Waals surface area contributed by atoms with Gasteiger partial charge in [0.15, 0.2) is 0 Å². The summed E-state index contributed by atoms with van der Waals surface area (Å²) in [6, 6.07) is 0. The molecule has 0 bridgehead atoms. The van der Waals surface area contributed by atoms with E-state index in [1.54, 1.807) is 0 Å². The molecule has 3 N–H and O–H groups in total. The van der Waals surface area contributed by atoms with E-state index in [4.69, 9.17) is 5.73 Å². The van der Waals surface area contributed by atoms with Crippen molar-refractivity contribution in [1.82, 2.24) is 0 Å². The number of aliphatic carboxylic acids is 1. The Morgan fingerprint density at radius 1 is 1.29 bits per heavy atom. The molecule has 3 saturated carbocycles. The van der Waals surface area contributed by atoms with Gasteiger partial charge in [0.1, 0.15) is 5.54 Å². The van der Waals surface area contributed by atoms with E-state index in [1.807, 2.05) is 0 Å². The normalized spacial score (nSPS) is 54.9. The molecule has 0 aromatic heterocycles. The van der Waals surface area contributed by atoms with E-state index in [1.165, 1.54) is 25.7 Å². The Kier molecular flexibility index (Phi) is 1.45. The van der Waals surface area contributed by atoms with Crippen LogP contribution >= 0.6 is 0 Å². The largest absolute Gasteiger partial charge is 0.480 e. The van der Waals surface area contributed by atoms with E-state index in [2.05, 4.69) is 0 Å². The van der Waals surface area contributed by atoms with Gasteiger partial charge in [-0.2, -0.15) is 0 Å². The van der Waals surface area contributed by atoms with Gasteiger partial charge in [0.25, 0.3) is 0 Å². The van der Waals surface area contributed by atoms with Crippen molar-refractivity contribution in [2.45, 2.75) is 44.1 Å². The van der Waals surface area contributed by atoms with Crippen LogP contribution in [-0.2, 0) is 4.79 Å². The smallest absolute Gasteiger partial charge is 0.324 e. The van der Waals surface area contributed by atoms with Gasteiger partial charge < -0.3 is 10.8 Å². The molecule has 14 heavy (non-hydrogen) atoms. The second-order valence-corrected chi connectivity index (χ2v) is 5.31. The molecule has 3 aliphatic carbocycles. The highest BCUT2D eigenvalue weighted by molar-refractivity contribution is 5.87. The van der Waals surface area contributed by atoms with E-state index in [0.717, 1.165) is 12.8 Å². The van der Waals surface area contributed by atoms with Crippen LogP contribution in [0.4, 0.5) is 0 Å². The zero-order valence-corrected chi connectivity index (χ0v) is 8.33. The highest BCUT2D eigenvalue weighted by Crippen LogP contribution is 2.82. The van der Waals surface area contributed by atoms with Crippen molar-refractivity contribution >= 4 is 5.97 Å². The number of rotatable bonds is 1. The second kappa shape index (κ2) is 2.32. The zero-order chi connectivity index (χ0) is 9.97. The Morgan fingerprint density at radius 2 is 2.00 bits per heavy atom. The molecular formula is C11H17NO2. The maximum atomic E-state index is 11.2. The van der Waals surface area contributed by atoms with Gasteiger partial charge in [-0.3, -0.25) is 4.79 Å². The molecule has 3 rings (SSSR count). The highest BCUT2D eigenvalue weighted by Gasteiger charge is 2.87. The van der Waals surface area contributed by atoms with Crippen LogP contribution in [0.5, 0.6) is 0 Å². The minimum Gasteiger partial charge on any atom is -0.480 e. The van der Waals surface area contributed by atoms with Crippen LogP contribution in [-0.4, -0.2) is 16.6 Å². The molecule has 4 unspecified atom stereocenters. The predicted molar refractivity (Wildman–Crippen MR) is 51.7 cm³/mol. The molecule has 4 atom stereocenters. The van der Waals surface area contributed by atoms with Crippen molar-refractivity contribution in [3.05, 3.63) is 0 Å². The van der Waals surface area contributed by atoms with Gasteiger partial charge in [-0.1, -0.05) is 19.3 Å². The standard InChI is InChI=1S/C11H17NO2/c12-11(9(13)14)8-5-3-1-2-4-7-6-10(7,8)11/h7-8H,1-6,12H2,(H,13,14). The number of hydrogen-bond acceptors (Lipinski definition) is 2. The Balaban J connectivity index is 1.89. The molecule has 0 radical (unpaired) electrons. The molecule has 0 saturated heterocycles. The quantitative estimate of drug-likeness (QED) is 0.664. The summed E-state index contributed by atoms with van der Waals surface area (Å²) in [5.74, 6) is 0.165. The lowest BCUT2D eigenvalue weighted by atomic mass is 10.0. The van der Waals surface area contributed by atoms with Crippen LogP contribution in [0.15, 0.2) is 0 Å². The molecule has 3 heteroatoms. The molecule has 3 aliphatic rings. The van der Waals surface area contributed by atoms with Crippen LogP contribution in [0, 0.1) is 17.3 Å². The minimum absolute atomic E-state index is 0.0409. The Hall–Kier alpha value is -0.570. The zero-order valence-electron chi connectivity index (χ0n) is 8.33. The SMILES string of the molecule is NC1(C(=O)O)C2CCCCCC3CC321. The molecule has 3 nitrogen and oxygen atoms in total. The summed E-state index contributed by atoms with van der Waals surface area (Å²) in [5.41, 5.74) is 5.25.